The topological polar surface area (TPSA) is 112 Å². The van der Waals surface area contributed by atoms with Crippen LogP contribution in [0.4, 0.5) is 0 Å². The van der Waals surface area contributed by atoms with Gasteiger partial charge in [0.1, 0.15) is 0 Å². The number of rotatable bonds is 4. The second kappa shape index (κ2) is 5.71. The first-order valence-electron chi connectivity index (χ1n) is 8.31. The highest BCUT2D eigenvalue weighted by Crippen LogP contribution is 2.39. The van der Waals surface area contributed by atoms with Crippen molar-refractivity contribution in [3.8, 4) is 0 Å². The molecular weight excluding hydrogens is 310 g/mol. The van der Waals surface area contributed by atoms with E-state index in [1.165, 1.54) is 0 Å². The second-order valence-corrected chi connectivity index (χ2v) is 6.76. The van der Waals surface area contributed by atoms with Crippen molar-refractivity contribution in [3.05, 3.63) is 27.7 Å². The highest BCUT2D eigenvalue weighted by atomic mass is 16.3. The van der Waals surface area contributed by atoms with Crippen LogP contribution in [-0.4, -0.2) is 51.5 Å². The molecule has 128 valence electrons. The average Bonchev–Trinajstić information content (AvgIpc) is 3.27. The zero-order valence-corrected chi connectivity index (χ0v) is 13.5. The van der Waals surface area contributed by atoms with Gasteiger partial charge in [-0.15, -0.1) is 0 Å². The summed E-state index contributed by atoms with van der Waals surface area (Å²) in [4.78, 5) is 29.4. The maximum absolute atomic E-state index is 12.7. The summed E-state index contributed by atoms with van der Waals surface area (Å²) in [5.74, 6) is 0.0788. The van der Waals surface area contributed by atoms with E-state index in [4.69, 9.17) is 0 Å². The van der Waals surface area contributed by atoms with Gasteiger partial charge in [0.2, 0.25) is 0 Å². The van der Waals surface area contributed by atoms with Gasteiger partial charge in [-0.2, -0.15) is 0 Å². The molecule has 2 fully saturated rings. The fourth-order valence-electron chi connectivity index (χ4n) is 3.29. The Kier molecular flexibility index (Phi) is 3.65. The SMILES string of the molecule is Cn1[nH]c(=O)c2c(C(=O)NCC3CNCC3O)cc(C3CC3)nc21. The van der Waals surface area contributed by atoms with Crippen molar-refractivity contribution in [2.75, 3.05) is 19.6 Å². The second-order valence-electron chi connectivity index (χ2n) is 6.76. The number of carbonyl (C=O) groups excluding carboxylic acids is 1. The van der Waals surface area contributed by atoms with Gasteiger partial charge >= 0.3 is 0 Å². The molecule has 0 aromatic carbocycles. The fraction of sp³-hybridized carbons (Fsp3) is 0.562. The van der Waals surface area contributed by atoms with Crippen LogP contribution in [0.1, 0.15) is 34.8 Å². The summed E-state index contributed by atoms with van der Waals surface area (Å²) in [6, 6.07) is 1.74. The smallest absolute Gasteiger partial charge is 0.274 e. The van der Waals surface area contributed by atoms with Crippen molar-refractivity contribution in [2.24, 2.45) is 13.0 Å². The minimum absolute atomic E-state index is 0.0109. The Morgan fingerprint density at radius 1 is 1.46 bits per heavy atom. The van der Waals surface area contributed by atoms with Crippen molar-refractivity contribution in [2.45, 2.75) is 24.9 Å². The fourth-order valence-corrected chi connectivity index (χ4v) is 3.29. The molecule has 3 heterocycles. The number of hydrogen-bond acceptors (Lipinski definition) is 5. The molecule has 0 bridgehead atoms. The van der Waals surface area contributed by atoms with E-state index in [1.807, 2.05) is 0 Å². The third-order valence-electron chi connectivity index (χ3n) is 4.90. The third-order valence-corrected chi connectivity index (χ3v) is 4.90. The Balaban J connectivity index is 1.66. The average molecular weight is 331 g/mol. The number of nitrogens with zero attached hydrogens (tertiary/aromatic N) is 2. The van der Waals surface area contributed by atoms with E-state index in [1.54, 1.807) is 17.8 Å². The van der Waals surface area contributed by atoms with Crippen molar-refractivity contribution in [1.82, 2.24) is 25.4 Å². The van der Waals surface area contributed by atoms with Gasteiger partial charge in [-0.1, -0.05) is 0 Å². The van der Waals surface area contributed by atoms with Crippen LogP contribution in [0.5, 0.6) is 0 Å². The molecule has 2 unspecified atom stereocenters. The van der Waals surface area contributed by atoms with E-state index in [9.17, 15) is 14.7 Å². The monoisotopic (exact) mass is 331 g/mol. The summed E-state index contributed by atoms with van der Waals surface area (Å²) >= 11 is 0. The van der Waals surface area contributed by atoms with Crippen LogP contribution in [0.3, 0.4) is 0 Å². The lowest BCUT2D eigenvalue weighted by atomic mass is 10.1. The van der Waals surface area contributed by atoms with Gasteiger partial charge in [-0.25, -0.2) is 4.98 Å². The molecule has 1 saturated heterocycles. The Labute approximate surface area is 138 Å². The molecule has 1 amide bonds. The highest BCUT2D eigenvalue weighted by Gasteiger charge is 2.29. The predicted octanol–water partition coefficient (Wildman–Crippen LogP) is -0.551. The van der Waals surface area contributed by atoms with Crippen LogP contribution in [0.25, 0.3) is 11.0 Å². The third kappa shape index (κ3) is 2.61. The van der Waals surface area contributed by atoms with E-state index in [-0.39, 0.29) is 17.4 Å². The Morgan fingerprint density at radius 3 is 2.92 bits per heavy atom. The Morgan fingerprint density at radius 2 is 2.25 bits per heavy atom. The summed E-state index contributed by atoms with van der Waals surface area (Å²) in [7, 11) is 1.72. The van der Waals surface area contributed by atoms with Gasteiger partial charge in [0, 0.05) is 44.2 Å². The predicted molar refractivity (Wildman–Crippen MR) is 88.0 cm³/mol. The van der Waals surface area contributed by atoms with Gasteiger partial charge in [0.05, 0.1) is 17.1 Å². The lowest BCUT2D eigenvalue weighted by molar-refractivity contribution is 0.0928. The number of hydrogen-bond donors (Lipinski definition) is 4. The minimum Gasteiger partial charge on any atom is -0.391 e. The number of aromatic amines is 1. The number of carbonyl (C=O) groups is 1. The van der Waals surface area contributed by atoms with Crippen LogP contribution in [0.2, 0.25) is 0 Å². The molecule has 4 rings (SSSR count). The number of H-pyrrole nitrogens is 1. The van der Waals surface area contributed by atoms with E-state index >= 15 is 0 Å². The van der Waals surface area contributed by atoms with Crippen LogP contribution < -0.4 is 16.2 Å². The van der Waals surface area contributed by atoms with Crippen LogP contribution in [0, 0.1) is 5.92 Å². The number of aryl methyl sites for hydroxylation is 1. The van der Waals surface area contributed by atoms with E-state index in [0.29, 0.717) is 42.1 Å². The number of amides is 1. The quantitative estimate of drug-likeness (QED) is 0.600. The number of nitrogens with one attached hydrogen (secondary N) is 3. The van der Waals surface area contributed by atoms with Gasteiger partial charge in [0.25, 0.3) is 11.5 Å². The molecule has 1 aliphatic heterocycles. The van der Waals surface area contributed by atoms with E-state index in [2.05, 4.69) is 20.7 Å². The lowest BCUT2D eigenvalue weighted by Gasteiger charge is -2.14. The van der Waals surface area contributed by atoms with E-state index in [0.717, 1.165) is 18.5 Å². The molecule has 1 aliphatic carbocycles. The number of fused-ring (bicyclic) bond motifs is 1. The molecule has 2 aromatic heterocycles. The molecule has 0 spiro atoms. The van der Waals surface area contributed by atoms with Gasteiger partial charge in [-0.3, -0.25) is 19.4 Å². The van der Waals surface area contributed by atoms with Gasteiger partial charge < -0.3 is 15.7 Å². The number of aliphatic hydroxyl groups is 1. The van der Waals surface area contributed by atoms with Crippen molar-refractivity contribution in [3.63, 3.8) is 0 Å². The van der Waals surface area contributed by atoms with Crippen molar-refractivity contribution in [1.29, 1.82) is 0 Å². The summed E-state index contributed by atoms with van der Waals surface area (Å²) < 4.78 is 1.56. The molecular formula is C16H21N5O3. The molecule has 24 heavy (non-hydrogen) atoms. The largest absolute Gasteiger partial charge is 0.391 e. The number of aromatic nitrogens is 3. The van der Waals surface area contributed by atoms with Crippen LogP contribution >= 0.6 is 0 Å². The zero-order valence-electron chi connectivity index (χ0n) is 13.5. The lowest BCUT2D eigenvalue weighted by Crippen LogP contribution is -2.34. The van der Waals surface area contributed by atoms with Gasteiger partial charge in [0.15, 0.2) is 5.65 Å². The maximum atomic E-state index is 12.7. The van der Waals surface area contributed by atoms with Crippen molar-refractivity contribution >= 4 is 16.9 Å². The molecule has 2 aromatic rings. The highest BCUT2D eigenvalue weighted by molar-refractivity contribution is 6.05. The molecule has 8 heteroatoms. The maximum Gasteiger partial charge on any atom is 0.274 e. The van der Waals surface area contributed by atoms with Crippen molar-refractivity contribution < 1.29 is 9.90 Å². The summed E-state index contributed by atoms with van der Waals surface area (Å²) in [6.45, 7) is 1.59. The summed E-state index contributed by atoms with van der Waals surface area (Å²) in [5, 5.41) is 18.8. The first-order valence-corrected chi connectivity index (χ1v) is 8.31. The minimum atomic E-state index is -0.454. The zero-order chi connectivity index (χ0) is 16.8. The molecule has 0 radical (unpaired) electrons. The summed E-state index contributed by atoms with van der Waals surface area (Å²) in [6.07, 6.45) is 1.68. The van der Waals surface area contributed by atoms with E-state index < -0.39 is 6.10 Å². The number of β-amino-alcohol motifs (C(OH)–C–C–N with tert-alkyl or cyclic N) is 1. The Bertz CT molecular complexity index is 851. The van der Waals surface area contributed by atoms with Crippen LogP contribution in [0.15, 0.2) is 10.9 Å². The molecule has 2 aliphatic rings. The number of aliphatic hydroxyl groups excluding tert-OH is 1. The normalized spacial score (nSPS) is 23.8. The van der Waals surface area contributed by atoms with Gasteiger partial charge in [-0.05, 0) is 18.9 Å². The number of pyridine rings is 1. The molecule has 4 N–H and O–H groups in total. The molecule has 1 saturated carbocycles. The first kappa shape index (κ1) is 15.3. The Hall–Kier alpha value is -2.19. The summed E-state index contributed by atoms with van der Waals surface area (Å²) in [5.41, 5.74) is 1.43. The molecule has 8 nitrogen and oxygen atoms in total. The molecule has 2 atom stereocenters. The van der Waals surface area contributed by atoms with Crippen LogP contribution in [-0.2, 0) is 7.05 Å². The standard InChI is InChI=1S/C16H21N5O3/c1-21-14-13(16(24)20-21)10(4-11(19-14)8-2-3-8)15(23)18-6-9-5-17-7-12(9)22/h4,8-9,12,17,22H,2-3,5-7H2,1H3,(H,18,23)(H,20,24). The first-order chi connectivity index (χ1) is 11.5.